The van der Waals surface area contributed by atoms with E-state index in [1.165, 1.54) is 0 Å². The average molecular weight is 296 g/mol. The van der Waals surface area contributed by atoms with Crippen molar-refractivity contribution in [3.05, 3.63) is 29.3 Å². The average Bonchev–Trinajstić information content (AvgIpc) is 3.19. The number of nitrogens with two attached hydrogens (primary N) is 1. The van der Waals surface area contributed by atoms with Crippen molar-refractivity contribution in [2.24, 2.45) is 11.7 Å². The Balaban J connectivity index is 2.37. The molecule has 0 radical (unpaired) electrons. The molecule has 0 unspecified atom stereocenters. The van der Waals surface area contributed by atoms with Crippen LogP contribution in [0.5, 0.6) is 0 Å². The normalized spacial score (nSPS) is 16.1. The summed E-state index contributed by atoms with van der Waals surface area (Å²) in [6.45, 7) is 6.96. The minimum absolute atomic E-state index is 0.191. The Hall–Kier alpha value is -0.910. The molecule has 0 heterocycles. The second-order valence-corrected chi connectivity index (χ2v) is 7.86. The SMILES string of the molecule is Cc1cc(CN)ccc1S(=O)(=O)N(CC(C)C)C1CC1. The lowest BCUT2D eigenvalue weighted by Gasteiger charge is -2.24. The lowest BCUT2D eigenvalue weighted by atomic mass is 10.1. The summed E-state index contributed by atoms with van der Waals surface area (Å²) in [5, 5.41) is 0. The molecule has 0 saturated heterocycles. The van der Waals surface area contributed by atoms with E-state index < -0.39 is 10.0 Å². The molecule has 0 aliphatic heterocycles. The Morgan fingerprint density at radius 1 is 1.35 bits per heavy atom. The van der Waals surface area contributed by atoms with Gasteiger partial charge in [-0.25, -0.2) is 8.42 Å². The van der Waals surface area contributed by atoms with E-state index in [4.69, 9.17) is 5.73 Å². The number of rotatable bonds is 6. The van der Waals surface area contributed by atoms with Crippen molar-refractivity contribution in [1.82, 2.24) is 4.31 Å². The zero-order valence-corrected chi connectivity index (χ0v) is 13.3. The standard InChI is InChI=1S/C15H24N2O2S/c1-11(2)10-17(14-5-6-14)20(18,19)15-7-4-13(9-16)8-12(15)3/h4,7-8,11,14H,5-6,9-10,16H2,1-3H3. The van der Waals surface area contributed by atoms with E-state index in [9.17, 15) is 8.42 Å². The second kappa shape index (κ2) is 5.84. The number of aryl methyl sites for hydroxylation is 1. The Labute approximate surface area is 122 Å². The first-order chi connectivity index (χ1) is 9.36. The fourth-order valence-electron chi connectivity index (χ4n) is 2.42. The highest BCUT2D eigenvalue weighted by Gasteiger charge is 2.38. The van der Waals surface area contributed by atoms with E-state index in [0.29, 0.717) is 23.9 Å². The molecule has 0 atom stereocenters. The smallest absolute Gasteiger partial charge is 0.243 e. The van der Waals surface area contributed by atoms with E-state index in [1.807, 2.05) is 13.0 Å². The molecule has 2 rings (SSSR count). The van der Waals surface area contributed by atoms with Gasteiger partial charge in [0.2, 0.25) is 10.0 Å². The van der Waals surface area contributed by atoms with Gasteiger partial charge in [0.1, 0.15) is 0 Å². The van der Waals surface area contributed by atoms with Crippen LogP contribution >= 0.6 is 0 Å². The fourth-order valence-corrected chi connectivity index (χ4v) is 4.48. The van der Waals surface area contributed by atoms with Crippen LogP contribution in [0.4, 0.5) is 0 Å². The van der Waals surface area contributed by atoms with Gasteiger partial charge in [0.25, 0.3) is 0 Å². The lowest BCUT2D eigenvalue weighted by molar-refractivity contribution is 0.360. The lowest BCUT2D eigenvalue weighted by Crippen LogP contribution is -2.36. The molecular formula is C15H24N2O2S. The molecule has 0 spiro atoms. The first kappa shape index (κ1) is 15.5. The third-order valence-electron chi connectivity index (χ3n) is 3.56. The molecule has 1 aromatic rings. The number of sulfonamides is 1. The summed E-state index contributed by atoms with van der Waals surface area (Å²) >= 11 is 0. The molecule has 0 aromatic heterocycles. The quantitative estimate of drug-likeness (QED) is 0.876. The predicted molar refractivity (Wildman–Crippen MR) is 80.8 cm³/mol. The molecular weight excluding hydrogens is 272 g/mol. The van der Waals surface area contributed by atoms with Crippen LogP contribution in [0.15, 0.2) is 23.1 Å². The summed E-state index contributed by atoms with van der Waals surface area (Å²) in [6.07, 6.45) is 1.96. The van der Waals surface area contributed by atoms with Gasteiger partial charge < -0.3 is 5.73 Å². The van der Waals surface area contributed by atoms with Crippen molar-refractivity contribution >= 4 is 10.0 Å². The third-order valence-corrected chi connectivity index (χ3v) is 5.64. The summed E-state index contributed by atoms with van der Waals surface area (Å²) in [6, 6.07) is 5.56. The van der Waals surface area contributed by atoms with Crippen molar-refractivity contribution in [3.63, 3.8) is 0 Å². The van der Waals surface area contributed by atoms with Gasteiger partial charge in [-0.2, -0.15) is 4.31 Å². The summed E-state index contributed by atoms with van der Waals surface area (Å²) in [4.78, 5) is 0.419. The van der Waals surface area contributed by atoms with Gasteiger partial charge in [-0.15, -0.1) is 0 Å². The van der Waals surface area contributed by atoms with Gasteiger partial charge in [-0.3, -0.25) is 0 Å². The number of hydrogen-bond donors (Lipinski definition) is 1. The molecule has 112 valence electrons. The largest absolute Gasteiger partial charge is 0.326 e. The Kier molecular flexibility index (Phi) is 4.52. The van der Waals surface area contributed by atoms with Gasteiger partial charge in [-0.05, 0) is 42.9 Å². The molecule has 1 aliphatic carbocycles. The molecule has 1 saturated carbocycles. The molecule has 5 heteroatoms. The highest BCUT2D eigenvalue weighted by Crippen LogP contribution is 2.33. The molecule has 1 fully saturated rings. The van der Waals surface area contributed by atoms with Crippen molar-refractivity contribution in [1.29, 1.82) is 0 Å². The van der Waals surface area contributed by atoms with Crippen LogP contribution in [0.25, 0.3) is 0 Å². The number of hydrogen-bond acceptors (Lipinski definition) is 3. The zero-order chi connectivity index (χ0) is 14.9. The van der Waals surface area contributed by atoms with Gasteiger partial charge >= 0.3 is 0 Å². The van der Waals surface area contributed by atoms with Gasteiger partial charge in [0.15, 0.2) is 0 Å². The predicted octanol–water partition coefficient (Wildman–Crippen LogP) is 2.26. The topological polar surface area (TPSA) is 63.4 Å². The Morgan fingerprint density at radius 2 is 2.00 bits per heavy atom. The van der Waals surface area contributed by atoms with E-state index >= 15 is 0 Å². The minimum atomic E-state index is -3.40. The van der Waals surface area contributed by atoms with Crippen LogP contribution in [-0.2, 0) is 16.6 Å². The van der Waals surface area contributed by atoms with E-state index in [1.54, 1.807) is 16.4 Å². The molecule has 1 aliphatic rings. The molecule has 0 bridgehead atoms. The maximum Gasteiger partial charge on any atom is 0.243 e. The molecule has 2 N–H and O–H groups in total. The Bertz CT molecular complexity index is 578. The van der Waals surface area contributed by atoms with Crippen LogP contribution in [0.2, 0.25) is 0 Å². The summed E-state index contributed by atoms with van der Waals surface area (Å²) in [5.41, 5.74) is 7.34. The molecule has 0 amide bonds. The van der Waals surface area contributed by atoms with Crippen molar-refractivity contribution < 1.29 is 8.42 Å². The zero-order valence-electron chi connectivity index (χ0n) is 12.5. The van der Waals surface area contributed by atoms with Crippen LogP contribution in [-0.4, -0.2) is 25.3 Å². The highest BCUT2D eigenvalue weighted by atomic mass is 32.2. The molecule has 1 aromatic carbocycles. The monoisotopic (exact) mass is 296 g/mol. The van der Waals surface area contributed by atoms with Gasteiger partial charge in [0.05, 0.1) is 4.90 Å². The molecule has 20 heavy (non-hydrogen) atoms. The van der Waals surface area contributed by atoms with Crippen LogP contribution in [0.1, 0.15) is 37.8 Å². The second-order valence-electron chi connectivity index (χ2n) is 6.00. The van der Waals surface area contributed by atoms with Crippen molar-refractivity contribution in [2.45, 2.75) is 51.1 Å². The maximum atomic E-state index is 12.9. The maximum absolute atomic E-state index is 12.9. The molecule has 4 nitrogen and oxygen atoms in total. The highest BCUT2D eigenvalue weighted by molar-refractivity contribution is 7.89. The number of benzene rings is 1. The van der Waals surface area contributed by atoms with Crippen molar-refractivity contribution in [2.75, 3.05) is 6.54 Å². The minimum Gasteiger partial charge on any atom is -0.326 e. The van der Waals surface area contributed by atoms with Crippen molar-refractivity contribution in [3.8, 4) is 0 Å². The third kappa shape index (κ3) is 3.22. The van der Waals surface area contributed by atoms with Gasteiger partial charge in [-0.1, -0.05) is 26.0 Å². The summed E-state index contributed by atoms with van der Waals surface area (Å²) in [7, 11) is -3.40. The van der Waals surface area contributed by atoms with Gasteiger partial charge in [0, 0.05) is 19.1 Å². The first-order valence-electron chi connectivity index (χ1n) is 7.17. The Morgan fingerprint density at radius 3 is 2.45 bits per heavy atom. The first-order valence-corrected chi connectivity index (χ1v) is 8.61. The summed E-state index contributed by atoms with van der Waals surface area (Å²) in [5.74, 6) is 0.328. The van der Waals surface area contributed by atoms with Crippen LogP contribution in [0, 0.1) is 12.8 Å². The fraction of sp³-hybridized carbons (Fsp3) is 0.600. The van der Waals surface area contributed by atoms with E-state index in [0.717, 1.165) is 24.0 Å². The van der Waals surface area contributed by atoms with Crippen LogP contribution < -0.4 is 5.73 Å². The van der Waals surface area contributed by atoms with E-state index in [-0.39, 0.29) is 6.04 Å². The number of nitrogens with zero attached hydrogens (tertiary/aromatic N) is 1. The van der Waals surface area contributed by atoms with E-state index in [2.05, 4.69) is 13.8 Å². The summed E-state index contributed by atoms with van der Waals surface area (Å²) < 4.78 is 27.4. The van der Waals surface area contributed by atoms with Crippen LogP contribution in [0.3, 0.4) is 0 Å².